The number of rotatable bonds is 14. The van der Waals surface area contributed by atoms with Crippen LogP contribution in [0, 0.1) is 0 Å². The van der Waals surface area contributed by atoms with Gasteiger partial charge in [-0.15, -0.1) is 0 Å². The maximum absolute atomic E-state index is 11.3. The minimum absolute atomic E-state index is 0. The van der Waals surface area contributed by atoms with E-state index in [1.165, 1.54) is 38.5 Å². The summed E-state index contributed by atoms with van der Waals surface area (Å²) in [7, 11) is -4.70. The van der Waals surface area contributed by atoms with Gasteiger partial charge in [-0.05, 0) is 6.42 Å². The van der Waals surface area contributed by atoms with Crippen molar-refractivity contribution in [1.29, 1.82) is 0 Å². The van der Waals surface area contributed by atoms with Gasteiger partial charge in [0.15, 0.2) is 0 Å². The molecule has 0 aromatic carbocycles. The Kier molecular flexibility index (Phi) is 16.3. The van der Waals surface area contributed by atoms with Crippen LogP contribution in [0.2, 0.25) is 0 Å². The van der Waals surface area contributed by atoms with Crippen molar-refractivity contribution in [2.45, 2.75) is 71.1 Å². The van der Waals surface area contributed by atoms with E-state index in [1.807, 2.05) is 0 Å². The molecule has 22 heavy (non-hydrogen) atoms. The number of carbonyl (C=O) groups excluding carboxylic acids is 1. The maximum Gasteiger partial charge on any atom is 0.305 e. The first-order valence-electron chi connectivity index (χ1n) is 7.71. The highest BCUT2D eigenvalue weighted by Crippen LogP contribution is 2.10. The van der Waals surface area contributed by atoms with Crippen LogP contribution in [0.15, 0.2) is 0 Å². The van der Waals surface area contributed by atoms with Crippen LogP contribution in [0.1, 0.15) is 71.1 Å². The highest BCUT2D eigenvalue weighted by Gasteiger charge is 2.03. The summed E-state index contributed by atoms with van der Waals surface area (Å²) in [6, 6.07) is 0. The molecule has 0 saturated heterocycles. The lowest BCUT2D eigenvalue weighted by atomic mass is 10.1. The van der Waals surface area contributed by atoms with Crippen LogP contribution in [0.25, 0.3) is 0 Å². The van der Waals surface area contributed by atoms with Gasteiger partial charge in [0.1, 0.15) is 6.61 Å². The number of esters is 1. The molecule has 0 aliphatic carbocycles. The molecule has 0 bridgehead atoms. The van der Waals surface area contributed by atoms with Crippen molar-refractivity contribution in [2.24, 2.45) is 0 Å². The van der Waals surface area contributed by atoms with E-state index >= 15 is 0 Å². The summed E-state index contributed by atoms with van der Waals surface area (Å²) in [4.78, 5) is 11.3. The Balaban J connectivity index is 0. The van der Waals surface area contributed by atoms with Crippen molar-refractivity contribution in [3.63, 3.8) is 0 Å². The van der Waals surface area contributed by atoms with Gasteiger partial charge < -0.3 is 15.4 Å². The number of ether oxygens (including phenoxy) is 1. The fourth-order valence-corrected chi connectivity index (χ4v) is 2.22. The van der Waals surface area contributed by atoms with Crippen molar-refractivity contribution in [3.8, 4) is 0 Å². The van der Waals surface area contributed by atoms with E-state index in [0.29, 0.717) is 6.42 Å². The summed E-state index contributed by atoms with van der Waals surface area (Å²) in [5.41, 5.74) is 0. The lowest BCUT2D eigenvalue weighted by molar-refractivity contribution is -0.144. The number of unbranched alkanes of at least 4 members (excludes halogenated alkanes) is 8. The molecule has 0 aromatic heterocycles. The molecular formula is C14H31NO6S. The summed E-state index contributed by atoms with van der Waals surface area (Å²) in [6.07, 6.45) is 10.8. The van der Waals surface area contributed by atoms with Gasteiger partial charge in [0.05, 0.1) is 6.61 Å². The predicted molar refractivity (Wildman–Crippen MR) is 84.4 cm³/mol. The molecule has 0 unspecified atom stereocenters. The summed E-state index contributed by atoms with van der Waals surface area (Å²) >= 11 is 0. The average molecular weight is 341 g/mol. The second kappa shape index (κ2) is 15.2. The average Bonchev–Trinajstić information content (AvgIpc) is 2.41. The molecule has 4 N–H and O–H groups in total. The topological polar surface area (TPSA) is 129 Å². The molecule has 0 radical (unpaired) electrons. The molecule has 134 valence electrons. The van der Waals surface area contributed by atoms with Crippen LogP contribution in [0.4, 0.5) is 0 Å². The largest absolute Gasteiger partial charge is 0.726 e. The first kappa shape index (κ1) is 23.6. The Labute approximate surface area is 134 Å². The highest BCUT2D eigenvalue weighted by molar-refractivity contribution is 7.80. The van der Waals surface area contributed by atoms with E-state index < -0.39 is 17.0 Å². The van der Waals surface area contributed by atoms with Gasteiger partial charge in [-0.1, -0.05) is 58.3 Å². The van der Waals surface area contributed by atoms with E-state index in [1.54, 1.807) is 0 Å². The molecule has 0 aliphatic heterocycles. The van der Waals surface area contributed by atoms with Crippen molar-refractivity contribution in [3.05, 3.63) is 0 Å². The van der Waals surface area contributed by atoms with Crippen LogP contribution in [-0.2, 0) is 24.1 Å². The van der Waals surface area contributed by atoms with Gasteiger partial charge in [-0.3, -0.25) is 8.98 Å². The molecule has 0 saturated carbocycles. The minimum Gasteiger partial charge on any atom is -0.726 e. The Hall–Kier alpha value is -0.700. The van der Waals surface area contributed by atoms with E-state index in [-0.39, 0.29) is 18.7 Å². The van der Waals surface area contributed by atoms with Gasteiger partial charge in [0, 0.05) is 6.42 Å². The van der Waals surface area contributed by atoms with Crippen molar-refractivity contribution in [2.75, 3.05) is 13.2 Å². The molecule has 0 heterocycles. The number of quaternary nitrogens is 1. The lowest BCUT2D eigenvalue weighted by Crippen LogP contribution is -2.13. The Morgan fingerprint density at radius 3 is 1.91 bits per heavy atom. The SMILES string of the molecule is CCCCCCCCCCCC(=O)OCCOS(=O)(=O)[O-].[NH4+]. The first-order chi connectivity index (χ1) is 9.95. The second-order valence-electron chi connectivity index (χ2n) is 5.03. The Morgan fingerprint density at radius 2 is 1.41 bits per heavy atom. The van der Waals surface area contributed by atoms with E-state index in [9.17, 15) is 17.8 Å². The number of hydrogen-bond donors (Lipinski definition) is 1. The van der Waals surface area contributed by atoms with E-state index in [0.717, 1.165) is 19.3 Å². The quantitative estimate of drug-likeness (QED) is 0.223. The second-order valence-corrected chi connectivity index (χ2v) is 6.08. The molecule has 0 amide bonds. The molecule has 0 fully saturated rings. The summed E-state index contributed by atoms with van der Waals surface area (Å²) in [5, 5.41) is 0. The number of hydrogen-bond acceptors (Lipinski definition) is 6. The zero-order valence-corrected chi connectivity index (χ0v) is 14.7. The van der Waals surface area contributed by atoms with Crippen LogP contribution in [0.5, 0.6) is 0 Å². The minimum atomic E-state index is -4.70. The van der Waals surface area contributed by atoms with E-state index in [2.05, 4.69) is 11.1 Å². The molecule has 0 aromatic rings. The molecule has 0 atom stereocenters. The summed E-state index contributed by atoms with van der Waals surface area (Å²) in [5.74, 6) is -0.384. The smallest absolute Gasteiger partial charge is 0.305 e. The van der Waals surface area contributed by atoms with Crippen LogP contribution in [0.3, 0.4) is 0 Å². The van der Waals surface area contributed by atoms with E-state index in [4.69, 9.17) is 4.74 Å². The molecule has 0 spiro atoms. The maximum atomic E-state index is 11.3. The third kappa shape index (κ3) is 19.3. The van der Waals surface area contributed by atoms with Crippen LogP contribution >= 0.6 is 0 Å². The molecular weight excluding hydrogens is 310 g/mol. The Bertz CT molecular complexity index is 358. The third-order valence-electron chi connectivity index (χ3n) is 3.06. The highest BCUT2D eigenvalue weighted by atomic mass is 32.3. The Morgan fingerprint density at radius 1 is 0.909 bits per heavy atom. The van der Waals surface area contributed by atoms with Crippen molar-refractivity contribution < 1.29 is 26.7 Å². The normalized spacial score (nSPS) is 11.0. The third-order valence-corrected chi connectivity index (χ3v) is 3.51. The van der Waals surface area contributed by atoms with Crippen molar-refractivity contribution in [1.82, 2.24) is 6.15 Å². The number of carbonyl (C=O) groups is 1. The van der Waals surface area contributed by atoms with Gasteiger partial charge in [-0.25, -0.2) is 8.42 Å². The fraction of sp³-hybridized carbons (Fsp3) is 0.929. The van der Waals surface area contributed by atoms with Gasteiger partial charge in [-0.2, -0.15) is 0 Å². The molecule has 0 rings (SSSR count). The van der Waals surface area contributed by atoms with Gasteiger partial charge >= 0.3 is 5.97 Å². The zero-order valence-electron chi connectivity index (χ0n) is 13.8. The zero-order chi connectivity index (χ0) is 16.0. The standard InChI is InChI=1S/C14H28O6S.H3N/c1-2-3-4-5-6-7-8-9-10-11-14(15)19-12-13-20-21(16,17)18;/h2-13H2,1H3,(H,16,17,18);1H3. The summed E-state index contributed by atoms with van der Waals surface area (Å²) in [6.45, 7) is 1.57. The van der Waals surface area contributed by atoms with Crippen LogP contribution < -0.4 is 6.15 Å². The lowest BCUT2D eigenvalue weighted by Gasteiger charge is -2.08. The molecule has 8 heteroatoms. The first-order valence-corrected chi connectivity index (χ1v) is 9.05. The predicted octanol–water partition coefficient (Wildman–Crippen LogP) is 3.30. The van der Waals surface area contributed by atoms with Crippen molar-refractivity contribution >= 4 is 16.4 Å². The van der Waals surface area contributed by atoms with Gasteiger partial charge in [0.25, 0.3) is 0 Å². The summed E-state index contributed by atoms with van der Waals surface area (Å²) < 4.78 is 39.0. The fourth-order valence-electron chi connectivity index (χ4n) is 1.94. The van der Waals surface area contributed by atoms with Gasteiger partial charge in [0.2, 0.25) is 10.4 Å². The molecule has 0 aliphatic rings. The molecule has 7 nitrogen and oxygen atoms in total. The monoisotopic (exact) mass is 341 g/mol. The van der Waals surface area contributed by atoms with Crippen LogP contribution in [-0.4, -0.2) is 32.2 Å².